The van der Waals surface area contributed by atoms with Gasteiger partial charge in [-0.2, -0.15) is 0 Å². The summed E-state index contributed by atoms with van der Waals surface area (Å²) in [7, 11) is 0. The van der Waals surface area contributed by atoms with Crippen LogP contribution in [0.2, 0.25) is 0 Å². The van der Waals surface area contributed by atoms with Crippen molar-refractivity contribution in [3.63, 3.8) is 0 Å². The molecule has 0 radical (unpaired) electrons. The molecule has 106 valence electrons. The first-order valence-electron chi connectivity index (χ1n) is 5.62. The maximum atomic E-state index is 13.3. The van der Waals surface area contributed by atoms with Gasteiger partial charge in [0.1, 0.15) is 5.69 Å². The maximum Gasteiger partial charge on any atom is 0.310 e. The fourth-order valence-corrected chi connectivity index (χ4v) is 1.35. The molecule has 3 nitrogen and oxygen atoms in total. The number of hydrogen-bond donors (Lipinski definition) is 1. The molecular weight excluding hydrogens is 266 g/mol. The Kier molecular flexibility index (Phi) is 5.14. The number of benzene rings is 1. The molecule has 1 aromatic rings. The Balaban J connectivity index is 2.81. The van der Waals surface area contributed by atoms with Crippen molar-refractivity contribution in [3.05, 3.63) is 29.3 Å². The van der Waals surface area contributed by atoms with Crippen LogP contribution >= 0.6 is 0 Å². The molecule has 0 aliphatic carbocycles. The number of anilines is 1. The smallest absolute Gasteiger partial charge is 0.310 e. The lowest BCUT2D eigenvalue weighted by Crippen LogP contribution is -2.23. The van der Waals surface area contributed by atoms with E-state index in [4.69, 9.17) is 0 Å². The lowest BCUT2D eigenvalue weighted by Gasteiger charge is -2.14. The molecule has 0 aromatic heterocycles. The number of carbonyl (C=O) groups is 1. The highest BCUT2D eigenvalue weighted by molar-refractivity contribution is 5.72. The van der Waals surface area contributed by atoms with Crippen LogP contribution < -0.4 is 5.32 Å². The van der Waals surface area contributed by atoms with Gasteiger partial charge in [-0.25, -0.2) is 17.6 Å². The third-order valence-corrected chi connectivity index (χ3v) is 2.39. The van der Waals surface area contributed by atoms with Gasteiger partial charge in [-0.3, -0.25) is 4.79 Å². The summed E-state index contributed by atoms with van der Waals surface area (Å²) in [6, 6.07) is 0.116. The van der Waals surface area contributed by atoms with Gasteiger partial charge in [0.05, 0.1) is 12.5 Å². The molecule has 0 amide bonds. The Morgan fingerprint density at radius 1 is 1.26 bits per heavy atom. The zero-order valence-electron chi connectivity index (χ0n) is 10.4. The average molecular weight is 279 g/mol. The van der Waals surface area contributed by atoms with Crippen LogP contribution in [-0.2, 0) is 9.53 Å². The number of carbonyl (C=O) groups excluding carboxylic acids is 1. The highest BCUT2D eigenvalue weighted by atomic mass is 19.2. The molecule has 0 heterocycles. The number of halogens is 4. The Hall–Kier alpha value is -1.79. The van der Waals surface area contributed by atoms with Gasteiger partial charge in [0.15, 0.2) is 23.3 Å². The van der Waals surface area contributed by atoms with Crippen LogP contribution in [0.15, 0.2) is 6.07 Å². The second-order valence-corrected chi connectivity index (χ2v) is 3.88. The van der Waals surface area contributed by atoms with Gasteiger partial charge in [-0.1, -0.05) is 6.92 Å². The van der Waals surface area contributed by atoms with Gasteiger partial charge in [0.25, 0.3) is 0 Å². The van der Waals surface area contributed by atoms with Crippen LogP contribution in [0, 0.1) is 29.2 Å². The molecule has 1 aromatic carbocycles. The molecule has 0 bridgehead atoms. The average Bonchev–Trinajstić information content (AvgIpc) is 2.36. The molecule has 0 saturated heterocycles. The van der Waals surface area contributed by atoms with E-state index in [0.717, 1.165) is 0 Å². The van der Waals surface area contributed by atoms with Crippen molar-refractivity contribution in [2.24, 2.45) is 5.92 Å². The standard InChI is InChI=1S/C12H13F4NO2/c1-3-19-12(18)6(2)5-17-11-9(15)7(13)4-8(14)10(11)16/h4,6,17H,3,5H2,1-2H3. The predicted octanol–water partition coefficient (Wildman–Crippen LogP) is 2.85. The maximum absolute atomic E-state index is 13.3. The van der Waals surface area contributed by atoms with E-state index in [0.29, 0.717) is 0 Å². The van der Waals surface area contributed by atoms with E-state index in [2.05, 4.69) is 10.1 Å². The highest BCUT2D eigenvalue weighted by Gasteiger charge is 2.21. The molecular formula is C12H13F4NO2. The minimum atomic E-state index is -1.53. The molecule has 0 aliphatic heterocycles. The Bertz CT molecular complexity index is 453. The quantitative estimate of drug-likeness (QED) is 0.511. The summed E-state index contributed by atoms with van der Waals surface area (Å²) >= 11 is 0. The molecule has 0 spiro atoms. The summed E-state index contributed by atoms with van der Waals surface area (Å²) in [6.45, 7) is 3.02. The SMILES string of the molecule is CCOC(=O)C(C)CNc1c(F)c(F)cc(F)c1F. The van der Waals surface area contributed by atoms with Crippen molar-refractivity contribution in [2.45, 2.75) is 13.8 Å². The molecule has 19 heavy (non-hydrogen) atoms. The molecule has 1 rings (SSSR count). The van der Waals surface area contributed by atoms with Gasteiger partial charge >= 0.3 is 5.97 Å². The lowest BCUT2D eigenvalue weighted by atomic mass is 10.1. The molecule has 1 unspecified atom stereocenters. The van der Waals surface area contributed by atoms with Crippen molar-refractivity contribution in [1.29, 1.82) is 0 Å². The van der Waals surface area contributed by atoms with Crippen LogP contribution in [-0.4, -0.2) is 19.1 Å². The number of nitrogens with one attached hydrogen (secondary N) is 1. The summed E-state index contributed by atoms with van der Waals surface area (Å²) in [4.78, 5) is 11.3. The summed E-state index contributed by atoms with van der Waals surface area (Å²) in [6.07, 6.45) is 0. The van der Waals surface area contributed by atoms with Crippen molar-refractivity contribution in [2.75, 3.05) is 18.5 Å². The van der Waals surface area contributed by atoms with Crippen LogP contribution in [0.25, 0.3) is 0 Å². The Labute approximate surface area is 107 Å². The van der Waals surface area contributed by atoms with Crippen LogP contribution in [0.3, 0.4) is 0 Å². The van der Waals surface area contributed by atoms with Gasteiger partial charge in [-0.05, 0) is 6.92 Å². The minimum Gasteiger partial charge on any atom is -0.466 e. The molecule has 7 heteroatoms. The lowest BCUT2D eigenvalue weighted by molar-refractivity contribution is -0.146. The first-order chi connectivity index (χ1) is 8.88. The second-order valence-electron chi connectivity index (χ2n) is 3.88. The van der Waals surface area contributed by atoms with E-state index in [9.17, 15) is 22.4 Å². The largest absolute Gasteiger partial charge is 0.466 e. The number of rotatable bonds is 5. The van der Waals surface area contributed by atoms with Crippen LogP contribution in [0.5, 0.6) is 0 Å². The first kappa shape index (κ1) is 15.3. The minimum absolute atomic E-state index is 0.116. The monoisotopic (exact) mass is 279 g/mol. The normalized spacial score (nSPS) is 12.1. The zero-order valence-corrected chi connectivity index (χ0v) is 10.4. The van der Waals surface area contributed by atoms with E-state index in [1.54, 1.807) is 6.92 Å². The summed E-state index contributed by atoms with van der Waals surface area (Å²) in [5.74, 6) is -7.38. The summed E-state index contributed by atoms with van der Waals surface area (Å²) < 4.78 is 57.1. The number of esters is 1. The zero-order chi connectivity index (χ0) is 14.6. The van der Waals surface area contributed by atoms with Gasteiger partial charge in [-0.15, -0.1) is 0 Å². The van der Waals surface area contributed by atoms with Crippen molar-refractivity contribution in [3.8, 4) is 0 Å². The highest BCUT2D eigenvalue weighted by Crippen LogP contribution is 2.24. The summed E-state index contributed by atoms with van der Waals surface area (Å²) in [5, 5.41) is 2.17. The molecule has 0 fully saturated rings. The molecule has 0 saturated carbocycles. The topological polar surface area (TPSA) is 38.3 Å². The van der Waals surface area contributed by atoms with E-state index in [1.165, 1.54) is 6.92 Å². The Morgan fingerprint density at radius 2 is 1.79 bits per heavy atom. The van der Waals surface area contributed by atoms with E-state index < -0.39 is 40.8 Å². The molecule has 1 N–H and O–H groups in total. The molecule has 1 atom stereocenters. The number of hydrogen-bond acceptors (Lipinski definition) is 3. The van der Waals surface area contributed by atoms with Gasteiger partial charge in [0.2, 0.25) is 0 Å². The first-order valence-corrected chi connectivity index (χ1v) is 5.62. The second kappa shape index (κ2) is 6.40. The third kappa shape index (κ3) is 3.59. The van der Waals surface area contributed by atoms with E-state index in [-0.39, 0.29) is 19.2 Å². The molecule has 0 aliphatic rings. The van der Waals surface area contributed by atoms with Gasteiger partial charge < -0.3 is 10.1 Å². The van der Waals surface area contributed by atoms with Crippen molar-refractivity contribution < 1.29 is 27.1 Å². The van der Waals surface area contributed by atoms with Crippen LogP contribution in [0.4, 0.5) is 23.2 Å². The number of ether oxygens (including phenoxy) is 1. The predicted molar refractivity (Wildman–Crippen MR) is 60.6 cm³/mol. The van der Waals surface area contributed by atoms with E-state index >= 15 is 0 Å². The fraction of sp³-hybridized carbons (Fsp3) is 0.417. The van der Waals surface area contributed by atoms with Gasteiger partial charge in [0, 0.05) is 12.6 Å². The Morgan fingerprint density at radius 3 is 2.26 bits per heavy atom. The van der Waals surface area contributed by atoms with Crippen molar-refractivity contribution >= 4 is 11.7 Å². The third-order valence-electron chi connectivity index (χ3n) is 2.39. The fourth-order valence-electron chi connectivity index (χ4n) is 1.35. The van der Waals surface area contributed by atoms with Crippen LogP contribution in [0.1, 0.15) is 13.8 Å². The summed E-state index contributed by atoms with van der Waals surface area (Å²) in [5.41, 5.74) is -0.936. The van der Waals surface area contributed by atoms with E-state index in [1.807, 2.05) is 0 Å². The van der Waals surface area contributed by atoms with Crippen molar-refractivity contribution in [1.82, 2.24) is 0 Å².